The Morgan fingerprint density at radius 3 is 2.30 bits per heavy atom. The first-order valence-electron chi connectivity index (χ1n) is 10.7. The molecule has 7 heteroatoms. The van der Waals surface area contributed by atoms with Crippen molar-refractivity contribution in [2.45, 2.75) is 65.3 Å². The van der Waals surface area contributed by atoms with E-state index in [2.05, 4.69) is 84.4 Å². The Morgan fingerprint density at radius 2 is 1.63 bits per heavy atom. The molecule has 1 aromatic carbocycles. The van der Waals surface area contributed by atoms with Gasteiger partial charge in [0.05, 0.1) is 12.2 Å². The summed E-state index contributed by atoms with van der Waals surface area (Å²) in [7, 11) is 0. The van der Waals surface area contributed by atoms with Crippen LogP contribution in [0.25, 0.3) is 5.65 Å². The number of fused-ring (bicyclic) bond motifs is 1. The van der Waals surface area contributed by atoms with Gasteiger partial charge < -0.3 is 10.1 Å². The van der Waals surface area contributed by atoms with E-state index < -0.39 is 0 Å². The van der Waals surface area contributed by atoms with Crippen LogP contribution in [-0.2, 0) is 23.2 Å². The maximum Gasteiger partial charge on any atom is 0.178 e. The maximum absolute atomic E-state index is 5.83. The van der Waals surface area contributed by atoms with Crippen LogP contribution < -0.4 is 5.32 Å². The second kappa shape index (κ2) is 8.32. The number of rotatable bonds is 5. The van der Waals surface area contributed by atoms with E-state index in [1.165, 1.54) is 11.1 Å². The molecule has 1 N–H and O–H groups in total. The van der Waals surface area contributed by atoms with E-state index in [-0.39, 0.29) is 5.41 Å². The molecule has 4 rings (SSSR count). The first-order chi connectivity index (χ1) is 14.3. The number of aromatic nitrogens is 4. The molecule has 1 fully saturated rings. The number of morpholine rings is 1. The molecule has 0 radical (unpaired) electrons. The van der Waals surface area contributed by atoms with E-state index >= 15 is 0 Å². The molecule has 0 aliphatic carbocycles. The number of nitrogens with one attached hydrogen (secondary N) is 1. The lowest BCUT2D eigenvalue weighted by atomic mass is 9.96. The number of hydrogen-bond acceptors (Lipinski definition) is 6. The number of anilines is 1. The van der Waals surface area contributed by atoms with E-state index in [1.54, 1.807) is 0 Å². The van der Waals surface area contributed by atoms with E-state index in [4.69, 9.17) is 4.74 Å². The monoisotopic (exact) mass is 408 g/mol. The van der Waals surface area contributed by atoms with E-state index in [1.807, 2.05) is 16.6 Å². The summed E-state index contributed by atoms with van der Waals surface area (Å²) < 4.78 is 7.66. The van der Waals surface area contributed by atoms with Gasteiger partial charge in [0, 0.05) is 31.6 Å². The quantitative estimate of drug-likeness (QED) is 0.695. The average Bonchev–Trinajstić information content (AvgIpc) is 3.10. The van der Waals surface area contributed by atoms with Gasteiger partial charge in [-0.2, -0.15) is 4.52 Å². The van der Waals surface area contributed by atoms with Crippen LogP contribution in [0.2, 0.25) is 0 Å². The van der Waals surface area contributed by atoms with E-state index in [0.29, 0.717) is 12.2 Å². The molecule has 160 valence electrons. The molecule has 3 aromatic rings. The standard InChI is InChI=1S/C23H32N6O/c1-16-13-28(14-17(2)30-16)15-19-8-6-18(7-9-19)12-24-20-10-11-21-25-26-22(23(3,4)5)29(21)27-20/h6-11,16-17H,12-15H2,1-5H3,(H,24,27). The molecular weight excluding hydrogens is 376 g/mol. The normalized spacial score (nSPS) is 20.6. The average molecular weight is 409 g/mol. The Labute approximate surface area is 178 Å². The topological polar surface area (TPSA) is 67.6 Å². The molecule has 2 atom stereocenters. The van der Waals surface area contributed by atoms with Crippen LogP contribution in [0.15, 0.2) is 36.4 Å². The number of nitrogens with zero attached hydrogens (tertiary/aromatic N) is 5. The number of benzene rings is 1. The highest BCUT2D eigenvalue weighted by atomic mass is 16.5. The summed E-state index contributed by atoms with van der Waals surface area (Å²) in [4.78, 5) is 2.47. The summed E-state index contributed by atoms with van der Waals surface area (Å²) in [5, 5.41) is 16.6. The molecule has 3 heterocycles. The van der Waals surface area contributed by atoms with Crippen LogP contribution in [-0.4, -0.2) is 50.0 Å². The Bertz CT molecular complexity index is 981. The highest BCUT2D eigenvalue weighted by Gasteiger charge is 2.23. The second-order valence-corrected chi connectivity index (χ2v) is 9.38. The number of hydrogen-bond donors (Lipinski definition) is 1. The second-order valence-electron chi connectivity index (χ2n) is 9.38. The van der Waals surface area contributed by atoms with Gasteiger partial charge in [-0.25, -0.2) is 0 Å². The molecule has 1 aliphatic rings. The van der Waals surface area contributed by atoms with Gasteiger partial charge in [-0.1, -0.05) is 45.0 Å². The van der Waals surface area contributed by atoms with Crippen molar-refractivity contribution in [2.75, 3.05) is 18.4 Å². The predicted octanol–water partition coefficient (Wildman–Crippen LogP) is 3.64. The number of ether oxygens (including phenoxy) is 1. The van der Waals surface area contributed by atoms with Gasteiger partial charge in [0.25, 0.3) is 0 Å². The smallest absolute Gasteiger partial charge is 0.178 e. The van der Waals surface area contributed by atoms with Crippen molar-refractivity contribution < 1.29 is 4.74 Å². The molecule has 0 amide bonds. The third-order valence-electron chi connectivity index (χ3n) is 5.33. The third-order valence-corrected chi connectivity index (χ3v) is 5.33. The SMILES string of the molecule is CC1CN(Cc2ccc(CNc3ccc4nnc(C(C)(C)C)n4n3)cc2)CC(C)O1. The zero-order chi connectivity index (χ0) is 21.3. The van der Waals surface area contributed by atoms with Gasteiger partial charge >= 0.3 is 0 Å². The Kier molecular flexibility index (Phi) is 5.75. The lowest BCUT2D eigenvalue weighted by Gasteiger charge is -2.35. The molecule has 2 unspecified atom stereocenters. The van der Waals surface area contributed by atoms with Gasteiger partial charge in [0.15, 0.2) is 11.5 Å². The minimum atomic E-state index is -0.114. The summed E-state index contributed by atoms with van der Waals surface area (Å²) in [6.07, 6.45) is 0.595. The molecule has 7 nitrogen and oxygen atoms in total. The van der Waals surface area contributed by atoms with Gasteiger partial charge in [-0.3, -0.25) is 4.90 Å². The van der Waals surface area contributed by atoms with Gasteiger partial charge in [-0.05, 0) is 37.1 Å². The van der Waals surface area contributed by atoms with Crippen molar-refractivity contribution in [2.24, 2.45) is 0 Å². The maximum atomic E-state index is 5.83. The lowest BCUT2D eigenvalue weighted by Crippen LogP contribution is -2.44. The first-order valence-corrected chi connectivity index (χ1v) is 10.7. The van der Waals surface area contributed by atoms with Crippen LogP contribution in [0, 0.1) is 0 Å². The fraction of sp³-hybridized carbons (Fsp3) is 0.522. The summed E-state index contributed by atoms with van der Waals surface area (Å²) in [5.41, 5.74) is 3.21. The predicted molar refractivity (Wildman–Crippen MR) is 119 cm³/mol. The molecule has 0 bridgehead atoms. The minimum absolute atomic E-state index is 0.114. The van der Waals surface area contributed by atoms with E-state index in [9.17, 15) is 0 Å². The van der Waals surface area contributed by atoms with Gasteiger partial charge in [-0.15, -0.1) is 15.3 Å². The van der Waals surface area contributed by atoms with Crippen molar-refractivity contribution in [1.82, 2.24) is 24.7 Å². The largest absolute Gasteiger partial charge is 0.373 e. The van der Waals surface area contributed by atoms with Crippen molar-refractivity contribution in [3.8, 4) is 0 Å². The lowest BCUT2D eigenvalue weighted by molar-refractivity contribution is -0.0704. The molecule has 0 spiro atoms. The summed E-state index contributed by atoms with van der Waals surface area (Å²) >= 11 is 0. The highest BCUT2D eigenvalue weighted by molar-refractivity contribution is 5.45. The first kappa shape index (κ1) is 20.8. The fourth-order valence-corrected chi connectivity index (χ4v) is 3.98. The summed E-state index contributed by atoms with van der Waals surface area (Å²) in [5.74, 6) is 1.67. The molecule has 1 saturated heterocycles. The summed E-state index contributed by atoms with van der Waals surface area (Å²) in [6.45, 7) is 14.3. The highest BCUT2D eigenvalue weighted by Crippen LogP contribution is 2.21. The van der Waals surface area contributed by atoms with Crippen molar-refractivity contribution >= 4 is 11.5 Å². The Morgan fingerprint density at radius 1 is 0.967 bits per heavy atom. The fourth-order valence-electron chi connectivity index (χ4n) is 3.98. The Balaban J connectivity index is 1.38. The zero-order valence-corrected chi connectivity index (χ0v) is 18.6. The van der Waals surface area contributed by atoms with Crippen LogP contribution in [0.4, 0.5) is 5.82 Å². The van der Waals surface area contributed by atoms with Crippen LogP contribution in [0.3, 0.4) is 0 Å². The van der Waals surface area contributed by atoms with Crippen LogP contribution >= 0.6 is 0 Å². The van der Waals surface area contributed by atoms with Crippen LogP contribution in [0.5, 0.6) is 0 Å². The van der Waals surface area contributed by atoms with E-state index in [0.717, 1.165) is 43.5 Å². The molecule has 0 saturated carbocycles. The minimum Gasteiger partial charge on any atom is -0.373 e. The summed E-state index contributed by atoms with van der Waals surface area (Å²) in [6, 6.07) is 12.7. The van der Waals surface area contributed by atoms with Crippen molar-refractivity contribution in [1.29, 1.82) is 0 Å². The molecule has 2 aromatic heterocycles. The van der Waals surface area contributed by atoms with Crippen LogP contribution in [0.1, 0.15) is 51.6 Å². The molecular formula is C23H32N6O. The van der Waals surface area contributed by atoms with Gasteiger partial charge in [0.1, 0.15) is 5.82 Å². The Hall–Kier alpha value is -2.51. The molecule has 30 heavy (non-hydrogen) atoms. The third kappa shape index (κ3) is 4.79. The van der Waals surface area contributed by atoms with Crippen molar-refractivity contribution in [3.05, 3.63) is 53.3 Å². The van der Waals surface area contributed by atoms with Crippen molar-refractivity contribution in [3.63, 3.8) is 0 Å². The van der Waals surface area contributed by atoms with Gasteiger partial charge in [0.2, 0.25) is 0 Å². The zero-order valence-electron chi connectivity index (χ0n) is 18.6. The molecule has 1 aliphatic heterocycles.